The number of hydrogen-bond acceptors (Lipinski definition) is 2. The van der Waals surface area contributed by atoms with Gasteiger partial charge in [-0.2, -0.15) is 13.2 Å². The first kappa shape index (κ1) is 14.8. The van der Waals surface area contributed by atoms with Gasteiger partial charge in [0.1, 0.15) is 5.75 Å². The first-order valence-electron chi connectivity index (χ1n) is 5.91. The van der Waals surface area contributed by atoms with Crippen LogP contribution in [0.3, 0.4) is 0 Å². The zero-order valence-corrected chi connectivity index (χ0v) is 10.8. The second-order valence-corrected chi connectivity index (χ2v) is 4.30. The van der Waals surface area contributed by atoms with Gasteiger partial charge in [-0.05, 0) is 24.6 Å². The van der Waals surface area contributed by atoms with Crippen LogP contribution < -0.4 is 10.1 Å². The molecule has 0 aliphatic carbocycles. The molecule has 0 aliphatic heterocycles. The monoisotopic (exact) mass is 261 g/mol. The summed E-state index contributed by atoms with van der Waals surface area (Å²) in [5, 5.41) is 3.08. The number of alkyl halides is 3. The van der Waals surface area contributed by atoms with Gasteiger partial charge in [-0.3, -0.25) is 0 Å². The minimum Gasteiger partial charge on any atom is -0.493 e. The fourth-order valence-corrected chi connectivity index (χ4v) is 1.51. The lowest BCUT2D eigenvalue weighted by atomic mass is 10.1. The van der Waals surface area contributed by atoms with E-state index in [1.165, 1.54) is 6.07 Å². The summed E-state index contributed by atoms with van der Waals surface area (Å²) in [7, 11) is 0. The maximum absolute atomic E-state index is 12.9. The van der Waals surface area contributed by atoms with E-state index >= 15 is 0 Å². The predicted molar refractivity (Wildman–Crippen MR) is 64.6 cm³/mol. The standard InChI is InChI=1S/C13H18F3NO/c1-4-18-12-6-5-10(8-17-9(2)3)7-11(12)13(14,15)16/h5-7,9,17H,4,8H2,1-3H3. The molecule has 0 spiro atoms. The highest BCUT2D eigenvalue weighted by Gasteiger charge is 2.34. The molecule has 5 heteroatoms. The number of halogens is 3. The maximum atomic E-state index is 12.9. The average molecular weight is 261 g/mol. The molecule has 0 aromatic heterocycles. The molecule has 0 heterocycles. The molecule has 0 amide bonds. The summed E-state index contributed by atoms with van der Waals surface area (Å²) in [6, 6.07) is 4.39. The third-order valence-electron chi connectivity index (χ3n) is 2.36. The molecule has 1 rings (SSSR count). The van der Waals surface area contributed by atoms with Crippen molar-refractivity contribution in [2.45, 2.75) is 39.5 Å². The molecule has 2 nitrogen and oxygen atoms in total. The molecular formula is C13H18F3NO. The molecule has 18 heavy (non-hydrogen) atoms. The third kappa shape index (κ3) is 4.22. The molecule has 0 radical (unpaired) electrons. The van der Waals surface area contributed by atoms with E-state index in [-0.39, 0.29) is 18.4 Å². The quantitative estimate of drug-likeness (QED) is 0.874. The van der Waals surface area contributed by atoms with Gasteiger partial charge in [0.15, 0.2) is 0 Å². The van der Waals surface area contributed by atoms with Crippen LogP contribution in [0, 0.1) is 0 Å². The molecular weight excluding hydrogens is 243 g/mol. The first-order valence-corrected chi connectivity index (χ1v) is 5.91. The highest BCUT2D eigenvalue weighted by Crippen LogP contribution is 2.36. The molecule has 0 fully saturated rings. The number of nitrogens with one attached hydrogen (secondary N) is 1. The Kier molecular flexibility index (Phi) is 5.02. The van der Waals surface area contributed by atoms with Crippen LogP contribution in [0.15, 0.2) is 18.2 Å². The summed E-state index contributed by atoms with van der Waals surface area (Å²) in [5.41, 5.74) is -0.119. The lowest BCUT2D eigenvalue weighted by Gasteiger charge is -2.15. The average Bonchev–Trinajstić information content (AvgIpc) is 2.26. The predicted octanol–water partition coefficient (Wildman–Crippen LogP) is 3.60. The molecule has 1 N–H and O–H groups in total. The number of benzene rings is 1. The van der Waals surface area contributed by atoms with Crippen LogP contribution in [0.25, 0.3) is 0 Å². The lowest BCUT2D eigenvalue weighted by molar-refractivity contribution is -0.139. The minimum atomic E-state index is -4.39. The normalized spacial score (nSPS) is 11.9. The summed E-state index contributed by atoms with van der Waals surface area (Å²) in [4.78, 5) is 0. The Morgan fingerprint density at radius 1 is 1.28 bits per heavy atom. The van der Waals surface area contributed by atoms with E-state index < -0.39 is 11.7 Å². The Hall–Kier alpha value is -1.23. The topological polar surface area (TPSA) is 21.3 Å². The fourth-order valence-electron chi connectivity index (χ4n) is 1.51. The molecule has 0 aliphatic rings. The van der Waals surface area contributed by atoms with Crippen LogP contribution in [-0.4, -0.2) is 12.6 Å². The van der Waals surface area contributed by atoms with Gasteiger partial charge < -0.3 is 10.1 Å². The van der Waals surface area contributed by atoms with E-state index in [0.29, 0.717) is 12.1 Å². The molecule has 1 aromatic carbocycles. The van der Waals surface area contributed by atoms with Gasteiger partial charge in [-0.1, -0.05) is 19.9 Å². The Bertz CT molecular complexity index is 388. The van der Waals surface area contributed by atoms with Crippen molar-refractivity contribution in [3.05, 3.63) is 29.3 Å². The number of ether oxygens (including phenoxy) is 1. The molecule has 0 saturated carbocycles. The summed E-state index contributed by atoms with van der Waals surface area (Å²) in [6.07, 6.45) is -4.39. The zero-order valence-electron chi connectivity index (χ0n) is 10.8. The smallest absolute Gasteiger partial charge is 0.419 e. The van der Waals surface area contributed by atoms with Crippen molar-refractivity contribution in [1.82, 2.24) is 5.32 Å². The molecule has 102 valence electrons. The molecule has 0 bridgehead atoms. The van der Waals surface area contributed by atoms with E-state index in [1.54, 1.807) is 13.0 Å². The van der Waals surface area contributed by atoms with Gasteiger partial charge in [-0.15, -0.1) is 0 Å². The first-order chi connectivity index (χ1) is 8.34. The van der Waals surface area contributed by atoms with Gasteiger partial charge in [-0.25, -0.2) is 0 Å². The Balaban J connectivity index is 2.98. The van der Waals surface area contributed by atoms with Crippen molar-refractivity contribution in [1.29, 1.82) is 0 Å². The Morgan fingerprint density at radius 3 is 2.44 bits per heavy atom. The number of rotatable bonds is 5. The van der Waals surface area contributed by atoms with Crippen molar-refractivity contribution in [2.75, 3.05) is 6.61 Å². The highest BCUT2D eigenvalue weighted by atomic mass is 19.4. The zero-order chi connectivity index (χ0) is 13.8. The molecule has 1 aromatic rings. The van der Waals surface area contributed by atoms with E-state index in [9.17, 15) is 13.2 Å². The van der Waals surface area contributed by atoms with E-state index in [1.807, 2.05) is 13.8 Å². The fraction of sp³-hybridized carbons (Fsp3) is 0.538. The van der Waals surface area contributed by atoms with Crippen molar-refractivity contribution in [3.63, 3.8) is 0 Å². The van der Waals surface area contributed by atoms with Crippen LogP contribution in [0.2, 0.25) is 0 Å². The van der Waals surface area contributed by atoms with Crippen molar-refractivity contribution in [2.24, 2.45) is 0 Å². The van der Waals surface area contributed by atoms with Crippen molar-refractivity contribution < 1.29 is 17.9 Å². The van der Waals surface area contributed by atoms with Crippen molar-refractivity contribution >= 4 is 0 Å². The molecule has 0 atom stereocenters. The van der Waals surface area contributed by atoms with Gasteiger partial charge in [0.05, 0.1) is 12.2 Å². The van der Waals surface area contributed by atoms with E-state index in [4.69, 9.17) is 4.74 Å². The summed E-state index contributed by atoms with van der Waals surface area (Å²) < 4.78 is 43.6. The lowest BCUT2D eigenvalue weighted by Crippen LogP contribution is -2.22. The SMILES string of the molecule is CCOc1ccc(CNC(C)C)cc1C(F)(F)F. The molecule has 0 saturated heterocycles. The van der Waals surface area contributed by atoms with Gasteiger partial charge in [0.2, 0.25) is 0 Å². The summed E-state index contributed by atoms with van der Waals surface area (Å²) >= 11 is 0. The van der Waals surface area contributed by atoms with Gasteiger partial charge >= 0.3 is 6.18 Å². The van der Waals surface area contributed by atoms with Gasteiger partial charge in [0, 0.05) is 12.6 Å². The van der Waals surface area contributed by atoms with Crippen LogP contribution in [0.1, 0.15) is 31.9 Å². The Morgan fingerprint density at radius 2 is 1.94 bits per heavy atom. The van der Waals surface area contributed by atoms with Crippen LogP contribution in [0.4, 0.5) is 13.2 Å². The highest BCUT2D eigenvalue weighted by molar-refractivity contribution is 5.39. The third-order valence-corrected chi connectivity index (χ3v) is 2.36. The van der Waals surface area contributed by atoms with Gasteiger partial charge in [0.25, 0.3) is 0 Å². The second kappa shape index (κ2) is 6.09. The van der Waals surface area contributed by atoms with Crippen molar-refractivity contribution in [3.8, 4) is 5.75 Å². The number of hydrogen-bond donors (Lipinski definition) is 1. The van der Waals surface area contributed by atoms with Crippen LogP contribution >= 0.6 is 0 Å². The maximum Gasteiger partial charge on any atom is 0.419 e. The molecule has 0 unspecified atom stereocenters. The van der Waals surface area contributed by atoms with Crippen LogP contribution in [0.5, 0.6) is 5.75 Å². The summed E-state index contributed by atoms with van der Waals surface area (Å²) in [5.74, 6) is -0.113. The summed E-state index contributed by atoms with van der Waals surface area (Å²) in [6.45, 7) is 6.17. The second-order valence-electron chi connectivity index (χ2n) is 4.30. The van der Waals surface area contributed by atoms with E-state index in [0.717, 1.165) is 6.07 Å². The minimum absolute atomic E-state index is 0.113. The van der Waals surface area contributed by atoms with Crippen LogP contribution in [-0.2, 0) is 12.7 Å². The largest absolute Gasteiger partial charge is 0.493 e. The Labute approximate surface area is 105 Å². The van der Waals surface area contributed by atoms with E-state index in [2.05, 4.69) is 5.32 Å².